The van der Waals surface area contributed by atoms with Crippen molar-refractivity contribution in [3.05, 3.63) is 0 Å². The first-order chi connectivity index (χ1) is 5.27. The zero-order chi connectivity index (χ0) is 9.83. The minimum absolute atomic E-state index is 0. The van der Waals surface area contributed by atoms with Crippen LogP contribution in [0.4, 0.5) is 0 Å². The van der Waals surface area contributed by atoms with Crippen LogP contribution in [-0.4, -0.2) is 4.75 Å². The van der Waals surface area contributed by atoms with E-state index >= 15 is 0 Å². The van der Waals surface area contributed by atoms with E-state index in [2.05, 4.69) is 18.7 Å². The van der Waals surface area contributed by atoms with Crippen molar-refractivity contribution in [3.8, 4) is 0 Å². The van der Waals surface area contributed by atoms with Gasteiger partial charge in [-0.3, -0.25) is 0 Å². The summed E-state index contributed by atoms with van der Waals surface area (Å²) in [5.41, 5.74) is -3.58. The molecule has 0 atom stereocenters. The van der Waals surface area contributed by atoms with Crippen LogP contribution in [0.3, 0.4) is 0 Å². The Morgan fingerprint density at radius 1 is 1.38 bits per heavy atom. The first kappa shape index (κ1) is 17.0. The normalized spacial score (nSPS) is 12.4. The SMILES string of the molecule is CCCCC(C)(C)SP([O-])([O-])=S.[Zn+2]. The molecule has 0 aromatic rings. The van der Waals surface area contributed by atoms with Crippen molar-refractivity contribution in [3.63, 3.8) is 0 Å². The molecule has 0 amide bonds. The Balaban J connectivity index is 0. The maximum Gasteiger partial charge on any atom is 2.00 e. The molecule has 13 heavy (non-hydrogen) atoms. The summed E-state index contributed by atoms with van der Waals surface area (Å²) in [5.74, 6) is 0. The molecule has 0 saturated heterocycles. The van der Waals surface area contributed by atoms with E-state index in [-0.39, 0.29) is 24.2 Å². The fraction of sp³-hybridized carbons (Fsp3) is 1.00. The molecule has 0 aromatic carbocycles. The molecule has 0 unspecified atom stereocenters. The van der Waals surface area contributed by atoms with E-state index in [1.54, 1.807) is 0 Å². The Labute approximate surface area is 103 Å². The van der Waals surface area contributed by atoms with Gasteiger partial charge in [0.05, 0.1) is 0 Å². The van der Waals surface area contributed by atoms with Crippen LogP contribution in [0.2, 0.25) is 0 Å². The maximum absolute atomic E-state index is 10.8. The first-order valence-corrected chi connectivity index (χ1v) is 8.05. The molecule has 0 aliphatic heterocycles. The summed E-state index contributed by atoms with van der Waals surface area (Å²) >= 11 is 5.26. The smallest absolute Gasteiger partial charge is 0.825 e. The predicted molar refractivity (Wildman–Crippen MR) is 55.5 cm³/mol. The van der Waals surface area contributed by atoms with Crippen molar-refractivity contribution in [1.82, 2.24) is 0 Å². The standard InChI is InChI=1S/C7H17O2PS2.Zn/c1-4-5-6-7(2,3)12-10(8,9)11;/h4-6H2,1-3H3,(H2,8,9,11);/q;+2/p-2. The molecular weight excluding hydrogens is 277 g/mol. The Bertz CT molecular complexity index is 181. The van der Waals surface area contributed by atoms with E-state index in [4.69, 9.17) is 0 Å². The largest absolute Gasteiger partial charge is 2.00 e. The average molecular weight is 292 g/mol. The molecule has 0 N–H and O–H groups in total. The molecule has 0 rings (SSSR count). The number of hydrogen-bond donors (Lipinski definition) is 0. The topological polar surface area (TPSA) is 46.1 Å². The van der Waals surface area contributed by atoms with E-state index in [1.165, 1.54) is 0 Å². The van der Waals surface area contributed by atoms with Crippen LogP contribution >= 0.6 is 17.1 Å². The van der Waals surface area contributed by atoms with Gasteiger partial charge in [-0.2, -0.15) is 5.69 Å². The van der Waals surface area contributed by atoms with Crippen molar-refractivity contribution < 1.29 is 29.3 Å². The van der Waals surface area contributed by atoms with Crippen LogP contribution in [0.15, 0.2) is 0 Å². The molecule has 0 bridgehead atoms. The van der Waals surface area contributed by atoms with Gasteiger partial charge in [0.15, 0.2) is 0 Å². The molecule has 0 saturated carbocycles. The van der Waals surface area contributed by atoms with Crippen LogP contribution in [0.25, 0.3) is 0 Å². The van der Waals surface area contributed by atoms with Gasteiger partial charge in [0.2, 0.25) is 0 Å². The third-order valence-electron chi connectivity index (χ3n) is 1.49. The second kappa shape index (κ2) is 6.92. The second-order valence-electron chi connectivity index (χ2n) is 3.40. The van der Waals surface area contributed by atoms with Gasteiger partial charge in [0.1, 0.15) is 0 Å². The Morgan fingerprint density at radius 2 is 1.85 bits per heavy atom. The van der Waals surface area contributed by atoms with Gasteiger partial charge in [-0.15, -0.1) is 23.2 Å². The molecule has 74 valence electrons. The second-order valence-corrected chi connectivity index (χ2v) is 9.71. The van der Waals surface area contributed by atoms with Gasteiger partial charge < -0.3 is 9.79 Å². The molecule has 0 heterocycles. The van der Waals surface area contributed by atoms with Crippen LogP contribution < -0.4 is 9.79 Å². The minimum atomic E-state index is -3.58. The first-order valence-electron chi connectivity index (χ1n) is 4.00. The van der Waals surface area contributed by atoms with Crippen molar-refractivity contribution >= 4 is 28.9 Å². The zero-order valence-corrected chi connectivity index (χ0v) is 13.9. The van der Waals surface area contributed by atoms with Crippen LogP contribution in [0.1, 0.15) is 40.0 Å². The molecule has 0 fully saturated rings. The van der Waals surface area contributed by atoms with E-state index in [0.717, 1.165) is 30.6 Å². The summed E-state index contributed by atoms with van der Waals surface area (Å²) in [4.78, 5) is 21.6. The fourth-order valence-corrected chi connectivity index (χ4v) is 5.70. The van der Waals surface area contributed by atoms with E-state index < -0.39 is 5.69 Å². The molecule has 0 radical (unpaired) electrons. The van der Waals surface area contributed by atoms with Crippen LogP contribution in [0, 0.1) is 0 Å². The molecule has 2 nitrogen and oxygen atoms in total. The summed E-state index contributed by atoms with van der Waals surface area (Å²) in [6.07, 6.45) is 3.04. The van der Waals surface area contributed by atoms with Crippen molar-refractivity contribution in [2.75, 3.05) is 0 Å². The van der Waals surface area contributed by atoms with E-state index in [1.807, 2.05) is 13.8 Å². The quantitative estimate of drug-likeness (QED) is 0.570. The Kier molecular flexibility index (Phi) is 9.03. The van der Waals surface area contributed by atoms with Crippen molar-refractivity contribution in [2.24, 2.45) is 0 Å². The molecule has 0 aliphatic rings. The van der Waals surface area contributed by atoms with Gasteiger partial charge in [-0.1, -0.05) is 33.6 Å². The number of rotatable bonds is 5. The minimum Gasteiger partial charge on any atom is -0.825 e. The van der Waals surface area contributed by atoms with Gasteiger partial charge in [0.25, 0.3) is 0 Å². The summed E-state index contributed by atoms with van der Waals surface area (Å²) < 4.78 is -0.227. The Hall–Kier alpha value is 1.54. The number of unbranched alkanes of at least 4 members (excludes halogenated alkanes) is 1. The summed E-state index contributed by atoms with van der Waals surface area (Å²) in [6, 6.07) is 0. The molecule has 0 aromatic heterocycles. The summed E-state index contributed by atoms with van der Waals surface area (Å²) in [7, 11) is 0. The molecule has 6 heteroatoms. The van der Waals surface area contributed by atoms with E-state index in [0.29, 0.717) is 0 Å². The predicted octanol–water partition coefficient (Wildman–Crippen LogP) is 1.63. The van der Waals surface area contributed by atoms with Gasteiger partial charge in [-0.05, 0) is 6.42 Å². The fourth-order valence-electron chi connectivity index (χ4n) is 0.951. The summed E-state index contributed by atoms with van der Waals surface area (Å²) in [6.45, 7) is 5.93. The molecule has 0 aliphatic carbocycles. The van der Waals surface area contributed by atoms with Crippen molar-refractivity contribution in [2.45, 2.75) is 44.8 Å². The van der Waals surface area contributed by atoms with Crippen LogP contribution in [0.5, 0.6) is 0 Å². The van der Waals surface area contributed by atoms with Gasteiger partial charge in [0, 0.05) is 4.75 Å². The van der Waals surface area contributed by atoms with Gasteiger partial charge >= 0.3 is 19.5 Å². The maximum atomic E-state index is 10.8. The monoisotopic (exact) mass is 290 g/mol. The molecule has 0 spiro atoms. The van der Waals surface area contributed by atoms with Crippen LogP contribution in [-0.2, 0) is 31.3 Å². The zero-order valence-electron chi connectivity index (χ0n) is 8.41. The van der Waals surface area contributed by atoms with Gasteiger partial charge in [-0.25, -0.2) is 0 Å². The Morgan fingerprint density at radius 3 is 2.15 bits per heavy atom. The third kappa shape index (κ3) is 11.5. The summed E-state index contributed by atoms with van der Waals surface area (Å²) in [5, 5.41) is 0. The third-order valence-corrected chi connectivity index (χ3v) is 5.24. The number of hydrogen-bond acceptors (Lipinski definition) is 4. The average Bonchev–Trinajstić information content (AvgIpc) is 1.78. The molecular formula is C7H15O2PS2Zn. The van der Waals surface area contributed by atoms with E-state index in [9.17, 15) is 9.79 Å². The van der Waals surface area contributed by atoms with Crippen molar-refractivity contribution in [1.29, 1.82) is 0 Å².